The zero-order chi connectivity index (χ0) is 15.1. The van der Waals surface area contributed by atoms with Crippen molar-refractivity contribution >= 4 is 11.6 Å². The highest BCUT2D eigenvalue weighted by Crippen LogP contribution is 2.29. The molecular formula is C16H22N4O. The van der Waals surface area contributed by atoms with Gasteiger partial charge in [0.25, 0.3) is 0 Å². The molecule has 0 atom stereocenters. The molecule has 1 heterocycles. The van der Waals surface area contributed by atoms with Crippen LogP contribution in [0, 0.1) is 6.92 Å². The van der Waals surface area contributed by atoms with Gasteiger partial charge in [-0.05, 0) is 18.9 Å². The zero-order valence-electron chi connectivity index (χ0n) is 12.8. The smallest absolute Gasteiger partial charge is 0.204 e. The van der Waals surface area contributed by atoms with E-state index in [-0.39, 0.29) is 0 Å². The number of anilines is 2. The van der Waals surface area contributed by atoms with E-state index in [0.717, 1.165) is 18.8 Å². The lowest BCUT2D eigenvalue weighted by Crippen LogP contribution is -2.09. The molecule has 0 aliphatic rings. The highest BCUT2D eigenvalue weighted by molar-refractivity contribution is 5.63. The number of methoxy groups -OCH3 is 1. The minimum absolute atomic E-state index is 0.651. The summed E-state index contributed by atoms with van der Waals surface area (Å²) in [6, 6.07) is 8.38. The maximum atomic E-state index is 5.44. The Hall–Kier alpha value is -2.30. The van der Waals surface area contributed by atoms with Crippen molar-refractivity contribution in [2.45, 2.75) is 26.8 Å². The van der Waals surface area contributed by atoms with Gasteiger partial charge in [-0.1, -0.05) is 36.8 Å². The highest BCUT2D eigenvalue weighted by Gasteiger charge is 2.11. The summed E-state index contributed by atoms with van der Waals surface area (Å²) in [4.78, 5) is 8.50. The average Bonchev–Trinajstić information content (AvgIpc) is 2.50. The Morgan fingerprint density at radius 1 is 1.14 bits per heavy atom. The summed E-state index contributed by atoms with van der Waals surface area (Å²) in [5.41, 5.74) is 2.45. The first-order valence-corrected chi connectivity index (χ1v) is 7.17. The van der Waals surface area contributed by atoms with Crippen LogP contribution in [0.2, 0.25) is 0 Å². The molecule has 0 fully saturated rings. The quantitative estimate of drug-likeness (QED) is 0.818. The Kier molecular flexibility index (Phi) is 5.37. The molecule has 5 nitrogen and oxygen atoms in total. The number of hydrogen-bond acceptors (Lipinski definition) is 5. The minimum atomic E-state index is 0.651. The van der Waals surface area contributed by atoms with Gasteiger partial charge in [0.05, 0.1) is 7.11 Å². The van der Waals surface area contributed by atoms with Gasteiger partial charge in [0.2, 0.25) is 5.75 Å². The van der Waals surface area contributed by atoms with Gasteiger partial charge in [0, 0.05) is 13.1 Å². The number of nitrogens with zero attached hydrogens (tertiary/aromatic N) is 2. The van der Waals surface area contributed by atoms with E-state index in [9.17, 15) is 0 Å². The Bertz CT molecular complexity index is 586. The maximum Gasteiger partial charge on any atom is 0.204 e. The van der Waals surface area contributed by atoms with Crippen LogP contribution in [-0.4, -0.2) is 23.6 Å². The molecule has 21 heavy (non-hydrogen) atoms. The van der Waals surface area contributed by atoms with E-state index in [1.807, 2.05) is 0 Å². The Morgan fingerprint density at radius 3 is 2.57 bits per heavy atom. The van der Waals surface area contributed by atoms with Crippen LogP contribution >= 0.6 is 0 Å². The molecule has 0 bridgehead atoms. The third-order valence-corrected chi connectivity index (χ3v) is 3.09. The molecule has 2 rings (SSSR count). The van der Waals surface area contributed by atoms with Crippen molar-refractivity contribution in [2.75, 3.05) is 24.3 Å². The molecule has 1 aromatic carbocycles. The molecule has 0 aliphatic carbocycles. The van der Waals surface area contributed by atoms with E-state index in [0.29, 0.717) is 18.1 Å². The molecule has 2 aromatic rings. The van der Waals surface area contributed by atoms with E-state index >= 15 is 0 Å². The van der Waals surface area contributed by atoms with Gasteiger partial charge in [0.1, 0.15) is 6.33 Å². The van der Waals surface area contributed by atoms with Gasteiger partial charge < -0.3 is 15.4 Å². The minimum Gasteiger partial charge on any atom is -0.490 e. The van der Waals surface area contributed by atoms with Crippen molar-refractivity contribution in [2.24, 2.45) is 0 Å². The average molecular weight is 286 g/mol. The number of nitrogens with one attached hydrogen (secondary N) is 2. The zero-order valence-corrected chi connectivity index (χ0v) is 12.8. The van der Waals surface area contributed by atoms with E-state index < -0.39 is 0 Å². The molecule has 1 aromatic heterocycles. The van der Waals surface area contributed by atoms with Gasteiger partial charge in [-0.2, -0.15) is 0 Å². The second-order valence-corrected chi connectivity index (χ2v) is 4.87. The van der Waals surface area contributed by atoms with Crippen molar-refractivity contribution in [3.05, 3.63) is 41.7 Å². The number of benzene rings is 1. The fourth-order valence-corrected chi connectivity index (χ4v) is 2.07. The summed E-state index contributed by atoms with van der Waals surface area (Å²) in [5, 5.41) is 6.55. The second kappa shape index (κ2) is 7.47. The predicted molar refractivity (Wildman–Crippen MR) is 85.9 cm³/mol. The van der Waals surface area contributed by atoms with Gasteiger partial charge in [-0.3, -0.25) is 0 Å². The molecule has 0 radical (unpaired) electrons. The fourth-order valence-electron chi connectivity index (χ4n) is 2.07. The van der Waals surface area contributed by atoms with Crippen LogP contribution in [0.25, 0.3) is 0 Å². The normalized spacial score (nSPS) is 10.2. The van der Waals surface area contributed by atoms with Crippen LogP contribution in [0.1, 0.15) is 24.5 Å². The van der Waals surface area contributed by atoms with Crippen molar-refractivity contribution in [1.82, 2.24) is 9.97 Å². The second-order valence-electron chi connectivity index (χ2n) is 4.87. The summed E-state index contributed by atoms with van der Waals surface area (Å²) < 4.78 is 5.44. The molecule has 0 unspecified atom stereocenters. The lowest BCUT2D eigenvalue weighted by Gasteiger charge is -2.14. The molecule has 2 N–H and O–H groups in total. The molecule has 0 amide bonds. The summed E-state index contributed by atoms with van der Waals surface area (Å²) in [5.74, 6) is 2.08. The van der Waals surface area contributed by atoms with Gasteiger partial charge in [-0.15, -0.1) is 0 Å². The first-order valence-electron chi connectivity index (χ1n) is 7.17. The third kappa shape index (κ3) is 4.08. The van der Waals surface area contributed by atoms with E-state index in [4.69, 9.17) is 4.74 Å². The van der Waals surface area contributed by atoms with Crippen LogP contribution in [-0.2, 0) is 6.54 Å². The summed E-state index contributed by atoms with van der Waals surface area (Å²) in [7, 11) is 1.63. The molecular weight excluding hydrogens is 264 g/mol. The van der Waals surface area contributed by atoms with Crippen LogP contribution in [0.3, 0.4) is 0 Å². The van der Waals surface area contributed by atoms with Crippen LogP contribution in [0.4, 0.5) is 11.6 Å². The van der Waals surface area contributed by atoms with Gasteiger partial charge >= 0.3 is 0 Å². The summed E-state index contributed by atoms with van der Waals surface area (Å²) in [6.45, 7) is 5.74. The van der Waals surface area contributed by atoms with E-state index in [1.54, 1.807) is 13.4 Å². The number of aromatic nitrogens is 2. The van der Waals surface area contributed by atoms with Gasteiger partial charge in [-0.25, -0.2) is 9.97 Å². The maximum absolute atomic E-state index is 5.44. The topological polar surface area (TPSA) is 59.1 Å². The molecule has 0 aliphatic heterocycles. The Morgan fingerprint density at radius 2 is 1.90 bits per heavy atom. The standard InChI is InChI=1S/C16H22N4O/c1-4-8-17-15-14(21-3)16(20-11-19-15)18-10-13-7-5-6-12(2)9-13/h5-7,9,11H,4,8,10H2,1-3H3,(H2,17,18,19,20). The Balaban J connectivity index is 2.12. The molecule has 5 heteroatoms. The Labute approximate surface area is 125 Å². The number of rotatable bonds is 7. The summed E-state index contributed by atoms with van der Waals surface area (Å²) >= 11 is 0. The molecule has 0 saturated carbocycles. The molecule has 112 valence electrons. The first-order chi connectivity index (χ1) is 10.2. The van der Waals surface area contributed by atoms with E-state index in [2.05, 4.69) is 58.7 Å². The largest absolute Gasteiger partial charge is 0.490 e. The molecule has 0 saturated heterocycles. The lowest BCUT2D eigenvalue weighted by molar-refractivity contribution is 0.414. The number of ether oxygens (including phenoxy) is 1. The molecule has 0 spiro atoms. The SMILES string of the molecule is CCCNc1ncnc(NCc2cccc(C)c2)c1OC. The van der Waals surface area contributed by atoms with Crippen molar-refractivity contribution in [3.63, 3.8) is 0 Å². The highest BCUT2D eigenvalue weighted by atomic mass is 16.5. The number of aryl methyl sites for hydroxylation is 1. The van der Waals surface area contributed by atoms with E-state index in [1.165, 1.54) is 11.1 Å². The van der Waals surface area contributed by atoms with Crippen LogP contribution in [0.5, 0.6) is 5.75 Å². The number of hydrogen-bond donors (Lipinski definition) is 2. The lowest BCUT2D eigenvalue weighted by atomic mass is 10.1. The van der Waals surface area contributed by atoms with Crippen LogP contribution < -0.4 is 15.4 Å². The van der Waals surface area contributed by atoms with Gasteiger partial charge in [0.15, 0.2) is 11.6 Å². The predicted octanol–water partition coefficient (Wildman–Crippen LogP) is 3.23. The third-order valence-electron chi connectivity index (χ3n) is 3.09. The first kappa shape index (κ1) is 15.1. The fraction of sp³-hybridized carbons (Fsp3) is 0.375. The van der Waals surface area contributed by atoms with Crippen LogP contribution in [0.15, 0.2) is 30.6 Å². The van der Waals surface area contributed by atoms with Crippen molar-refractivity contribution < 1.29 is 4.74 Å². The summed E-state index contributed by atoms with van der Waals surface area (Å²) in [6.07, 6.45) is 2.57. The van der Waals surface area contributed by atoms with Crippen molar-refractivity contribution in [3.8, 4) is 5.75 Å². The monoisotopic (exact) mass is 286 g/mol. The van der Waals surface area contributed by atoms with Crippen molar-refractivity contribution in [1.29, 1.82) is 0 Å².